The lowest BCUT2D eigenvalue weighted by Crippen LogP contribution is -2.23. The second kappa shape index (κ2) is 8.82. The molecule has 0 atom stereocenters. The van der Waals surface area contributed by atoms with Crippen LogP contribution in [0.1, 0.15) is 17.5 Å². The van der Waals surface area contributed by atoms with Crippen molar-refractivity contribution in [3.8, 4) is 17.2 Å². The first-order valence-corrected chi connectivity index (χ1v) is 7.76. The molecule has 0 bridgehead atoms. The van der Waals surface area contributed by atoms with E-state index >= 15 is 0 Å². The zero-order chi connectivity index (χ0) is 17.4. The van der Waals surface area contributed by atoms with Gasteiger partial charge in [-0.15, -0.1) is 0 Å². The van der Waals surface area contributed by atoms with Gasteiger partial charge in [0.05, 0.1) is 21.3 Å². The standard InChI is InChI=1S/C19H23NO4/c1-22-16-6-4-5-14(11-16)7-10-19(21)20-13-15-8-9-17(23-2)12-18(15)24-3/h4-6,8-9,11-12H,7,10,13H2,1-3H3,(H,20,21). The minimum atomic E-state index is -0.00399. The third-order valence-corrected chi connectivity index (χ3v) is 3.75. The van der Waals surface area contributed by atoms with E-state index in [0.717, 1.165) is 22.6 Å². The Labute approximate surface area is 142 Å². The Hall–Kier alpha value is -2.69. The number of rotatable bonds is 8. The summed E-state index contributed by atoms with van der Waals surface area (Å²) >= 11 is 0. The van der Waals surface area contributed by atoms with Crippen molar-refractivity contribution < 1.29 is 19.0 Å². The number of ether oxygens (including phenoxy) is 3. The lowest BCUT2D eigenvalue weighted by molar-refractivity contribution is -0.121. The molecule has 0 saturated heterocycles. The van der Waals surface area contributed by atoms with E-state index in [4.69, 9.17) is 14.2 Å². The number of aryl methyl sites for hydroxylation is 1. The monoisotopic (exact) mass is 329 g/mol. The van der Waals surface area contributed by atoms with Crippen LogP contribution in [0.2, 0.25) is 0 Å². The van der Waals surface area contributed by atoms with E-state index in [2.05, 4.69) is 5.32 Å². The van der Waals surface area contributed by atoms with Crippen molar-refractivity contribution in [1.82, 2.24) is 5.32 Å². The van der Waals surface area contributed by atoms with Gasteiger partial charge < -0.3 is 19.5 Å². The van der Waals surface area contributed by atoms with Crippen molar-refractivity contribution >= 4 is 5.91 Å². The molecular weight excluding hydrogens is 306 g/mol. The predicted octanol–water partition coefficient (Wildman–Crippen LogP) is 2.96. The zero-order valence-electron chi connectivity index (χ0n) is 14.3. The van der Waals surface area contributed by atoms with Crippen molar-refractivity contribution in [2.45, 2.75) is 19.4 Å². The van der Waals surface area contributed by atoms with Gasteiger partial charge in [0, 0.05) is 24.6 Å². The molecule has 0 aliphatic rings. The average molecular weight is 329 g/mol. The number of methoxy groups -OCH3 is 3. The molecule has 0 saturated carbocycles. The molecule has 2 aromatic carbocycles. The van der Waals surface area contributed by atoms with Gasteiger partial charge in [-0.2, -0.15) is 0 Å². The maximum absolute atomic E-state index is 12.1. The van der Waals surface area contributed by atoms with Crippen molar-refractivity contribution in [1.29, 1.82) is 0 Å². The number of benzene rings is 2. The quantitative estimate of drug-likeness (QED) is 0.809. The number of nitrogens with one attached hydrogen (secondary N) is 1. The van der Waals surface area contributed by atoms with Crippen LogP contribution in [0, 0.1) is 0 Å². The second-order valence-corrected chi connectivity index (χ2v) is 5.31. The van der Waals surface area contributed by atoms with Crippen LogP contribution in [0.15, 0.2) is 42.5 Å². The molecular formula is C19H23NO4. The van der Waals surface area contributed by atoms with Gasteiger partial charge in [-0.1, -0.05) is 12.1 Å². The van der Waals surface area contributed by atoms with E-state index < -0.39 is 0 Å². The van der Waals surface area contributed by atoms with Crippen molar-refractivity contribution in [2.75, 3.05) is 21.3 Å². The molecule has 2 aromatic rings. The lowest BCUT2D eigenvalue weighted by Gasteiger charge is -2.11. The van der Waals surface area contributed by atoms with Gasteiger partial charge in [-0.25, -0.2) is 0 Å². The van der Waals surface area contributed by atoms with E-state index in [9.17, 15) is 4.79 Å². The van der Waals surface area contributed by atoms with E-state index in [0.29, 0.717) is 25.1 Å². The fraction of sp³-hybridized carbons (Fsp3) is 0.316. The zero-order valence-corrected chi connectivity index (χ0v) is 14.3. The van der Waals surface area contributed by atoms with E-state index in [-0.39, 0.29) is 5.91 Å². The molecule has 24 heavy (non-hydrogen) atoms. The maximum Gasteiger partial charge on any atom is 0.220 e. The molecule has 2 rings (SSSR count). The molecule has 0 aromatic heterocycles. The van der Waals surface area contributed by atoms with Gasteiger partial charge in [-0.3, -0.25) is 4.79 Å². The first-order chi connectivity index (χ1) is 11.7. The van der Waals surface area contributed by atoms with Crippen LogP contribution in [-0.4, -0.2) is 27.2 Å². The SMILES string of the molecule is COc1cccc(CCC(=O)NCc2ccc(OC)cc2OC)c1. The lowest BCUT2D eigenvalue weighted by atomic mass is 10.1. The molecule has 128 valence electrons. The molecule has 0 aliphatic heterocycles. The Bertz CT molecular complexity index is 685. The summed E-state index contributed by atoms with van der Waals surface area (Å²) in [6.07, 6.45) is 1.09. The van der Waals surface area contributed by atoms with Gasteiger partial charge in [-0.05, 0) is 36.2 Å². The first kappa shape index (κ1) is 17.7. The molecule has 0 aliphatic carbocycles. The number of hydrogen-bond acceptors (Lipinski definition) is 4. The highest BCUT2D eigenvalue weighted by atomic mass is 16.5. The van der Waals surface area contributed by atoms with Crippen molar-refractivity contribution in [2.24, 2.45) is 0 Å². The van der Waals surface area contributed by atoms with E-state index in [1.54, 1.807) is 27.4 Å². The van der Waals surface area contributed by atoms with Crippen LogP contribution in [0.5, 0.6) is 17.2 Å². The maximum atomic E-state index is 12.1. The normalized spacial score (nSPS) is 10.1. The van der Waals surface area contributed by atoms with E-state index in [1.165, 1.54) is 0 Å². The van der Waals surface area contributed by atoms with Gasteiger partial charge in [0.25, 0.3) is 0 Å². The Morgan fingerprint density at radius 2 is 1.71 bits per heavy atom. The van der Waals surface area contributed by atoms with Gasteiger partial charge in [0.1, 0.15) is 17.2 Å². The number of carbonyl (C=O) groups excluding carboxylic acids is 1. The van der Waals surface area contributed by atoms with Crippen LogP contribution < -0.4 is 19.5 Å². The Kier molecular flexibility index (Phi) is 6.49. The van der Waals surface area contributed by atoms with Crippen LogP contribution in [-0.2, 0) is 17.8 Å². The molecule has 0 fully saturated rings. The third-order valence-electron chi connectivity index (χ3n) is 3.75. The molecule has 1 amide bonds. The smallest absolute Gasteiger partial charge is 0.220 e. The highest BCUT2D eigenvalue weighted by Crippen LogP contribution is 2.24. The van der Waals surface area contributed by atoms with Crippen LogP contribution in [0.4, 0.5) is 0 Å². The fourth-order valence-corrected chi connectivity index (χ4v) is 2.37. The topological polar surface area (TPSA) is 56.8 Å². The molecule has 0 unspecified atom stereocenters. The summed E-state index contributed by atoms with van der Waals surface area (Å²) in [7, 11) is 4.84. The Morgan fingerprint density at radius 3 is 2.42 bits per heavy atom. The minimum absolute atomic E-state index is 0.00399. The predicted molar refractivity (Wildman–Crippen MR) is 92.7 cm³/mol. The van der Waals surface area contributed by atoms with Gasteiger partial charge >= 0.3 is 0 Å². The average Bonchev–Trinajstić information content (AvgIpc) is 2.64. The Morgan fingerprint density at radius 1 is 0.958 bits per heavy atom. The van der Waals surface area contributed by atoms with Crippen LogP contribution in [0.3, 0.4) is 0 Å². The van der Waals surface area contributed by atoms with Gasteiger partial charge in [0.15, 0.2) is 0 Å². The summed E-state index contributed by atoms with van der Waals surface area (Å²) in [4.78, 5) is 12.1. The molecule has 0 spiro atoms. The third kappa shape index (κ3) is 4.91. The molecule has 0 radical (unpaired) electrons. The minimum Gasteiger partial charge on any atom is -0.497 e. The second-order valence-electron chi connectivity index (χ2n) is 5.31. The summed E-state index contributed by atoms with van der Waals surface area (Å²) in [5, 5.41) is 2.92. The summed E-state index contributed by atoms with van der Waals surface area (Å²) in [6.45, 7) is 0.421. The molecule has 1 N–H and O–H groups in total. The molecule has 5 nitrogen and oxygen atoms in total. The highest BCUT2D eigenvalue weighted by molar-refractivity contribution is 5.76. The van der Waals surface area contributed by atoms with Gasteiger partial charge in [0.2, 0.25) is 5.91 Å². The first-order valence-electron chi connectivity index (χ1n) is 7.76. The summed E-state index contributed by atoms with van der Waals surface area (Å²) in [6, 6.07) is 13.3. The largest absolute Gasteiger partial charge is 0.497 e. The Balaban J connectivity index is 1.86. The van der Waals surface area contributed by atoms with Crippen LogP contribution >= 0.6 is 0 Å². The summed E-state index contributed by atoms with van der Waals surface area (Å²) in [5.41, 5.74) is 1.99. The highest BCUT2D eigenvalue weighted by Gasteiger charge is 2.08. The number of hydrogen-bond donors (Lipinski definition) is 1. The van der Waals surface area contributed by atoms with Crippen molar-refractivity contribution in [3.05, 3.63) is 53.6 Å². The van der Waals surface area contributed by atoms with Crippen molar-refractivity contribution in [3.63, 3.8) is 0 Å². The number of amides is 1. The molecule has 0 heterocycles. The number of carbonyl (C=O) groups is 1. The van der Waals surface area contributed by atoms with Crippen LogP contribution in [0.25, 0.3) is 0 Å². The van der Waals surface area contributed by atoms with E-state index in [1.807, 2.05) is 36.4 Å². The fourth-order valence-electron chi connectivity index (χ4n) is 2.37. The summed E-state index contributed by atoms with van der Waals surface area (Å²) < 4.78 is 15.7. The molecule has 5 heteroatoms. The summed E-state index contributed by atoms with van der Waals surface area (Å²) in [5.74, 6) is 2.22.